The number of nitrogens with two attached hydrogens (primary N) is 1. The number of nitrogens with zero attached hydrogens (tertiary/aromatic N) is 4. The summed E-state index contributed by atoms with van der Waals surface area (Å²) in [5.41, 5.74) is 7.08. The van der Waals surface area contributed by atoms with Crippen molar-refractivity contribution in [1.29, 1.82) is 0 Å². The highest BCUT2D eigenvalue weighted by Gasteiger charge is 2.35. The smallest absolute Gasteiger partial charge is 0.222 e. The van der Waals surface area contributed by atoms with E-state index in [9.17, 15) is 0 Å². The zero-order valence-electron chi connectivity index (χ0n) is 17.5. The average molecular weight is 451 g/mol. The van der Waals surface area contributed by atoms with Gasteiger partial charge in [0.15, 0.2) is 0 Å². The topological polar surface area (TPSA) is 78.5 Å². The van der Waals surface area contributed by atoms with Gasteiger partial charge in [0, 0.05) is 36.3 Å². The van der Waals surface area contributed by atoms with Crippen molar-refractivity contribution in [2.24, 2.45) is 15.7 Å². The lowest BCUT2D eigenvalue weighted by molar-refractivity contribution is 0.201. The van der Waals surface area contributed by atoms with Gasteiger partial charge in [-0.1, -0.05) is 37.3 Å². The third-order valence-electron chi connectivity index (χ3n) is 5.92. The van der Waals surface area contributed by atoms with Crippen LogP contribution in [0.3, 0.4) is 0 Å². The molecule has 2 aliphatic heterocycles. The van der Waals surface area contributed by atoms with Crippen LogP contribution < -0.4 is 15.8 Å². The van der Waals surface area contributed by atoms with Gasteiger partial charge < -0.3 is 25.6 Å². The molecule has 1 unspecified atom stereocenters. The molecule has 1 aromatic carbocycles. The second-order valence-corrected chi connectivity index (χ2v) is 9.55. The third-order valence-corrected chi connectivity index (χ3v) is 7.16. The fourth-order valence-corrected chi connectivity index (χ4v) is 5.55. The predicted octanol–water partition coefficient (Wildman–Crippen LogP) is 3.80. The SMILES string of the molecule is COc1ccc(NC2N=C(N)N=C(N3CCSCC3)N2C2CCCCCC2)cc1Cl. The van der Waals surface area contributed by atoms with Gasteiger partial charge in [-0.05, 0) is 31.0 Å². The molecule has 0 radical (unpaired) electrons. The van der Waals surface area contributed by atoms with E-state index in [0.29, 0.717) is 22.8 Å². The van der Waals surface area contributed by atoms with Crippen molar-refractivity contribution < 1.29 is 4.74 Å². The minimum Gasteiger partial charge on any atom is -0.495 e. The molecule has 3 N–H and O–H groups in total. The molecule has 0 bridgehead atoms. The number of ether oxygens (including phenoxy) is 1. The zero-order valence-corrected chi connectivity index (χ0v) is 19.1. The molecular formula is C21H31ClN6OS. The Labute approximate surface area is 188 Å². The number of thioether (sulfide) groups is 1. The van der Waals surface area contributed by atoms with Crippen LogP contribution in [0.1, 0.15) is 38.5 Å². The molecule has 1 aromatic rings. The van der Waals surface area contributed by atoms with E-state index in [1.54, 1.807) is 7.11 Å². The molecule has 2 heterocycles. The van der Waals surface area contributed by atoms with E-state index >= 15 is 0 Å². The molecular weight excluding hydrogens is 420 g/mol. The highest BCUT2D eigenvalue weighted by molar-refractivity contribution is 7.99. The summed E-state index contributed by atoms with van der Waals surface area (Å²) in [4.78, 5) is 14.2. The number of methoxy groups -OCH3 is 1. The predicted molar refractivity (Wildman–Crippen MR) is 127 cm³/mol. The summed E-state index contributed by atoms with van der Waals surface area (Å²) in [6.45, 7) is 1.97. The monoisotopic (exact) mass is 450 g/mol. The number of rotatable bonds is 4. The summed E-state index contributed by atoms with van der Waals surface area (Å²) in [6, 6.07) is 6.10. The van der Waals surface area contributed by atoms with Crippen LogP contribution in [0.2, 0.25) is 5.02 Å². The Bertz CT molecular complexity index is 790. The number of nitrogens with one attached hydrogen (secondary N) is 1. The molecule has 9 heteroatoms. The molecule has 0 amide bonds. The second-order valence-electron chi connectivity index (χ2n) is 7.92. The molecule has 1 saturated carbocycles. The minimum atomic E-state index is -0.306. The van der Waals surface area contributed by atoms with Crippen molar-refractivity contribution in [3.8, 4) is 5.75 Å². The first-order chi connectivity index (χ1) is 14.7. The number of halogens is 1. The zero-order chi connectivity index (χ0) is 20.9. The normalized spacial score (nSPS) is 23.5. The van der Waals surface area contributed by atoms with Crippen molar-refractivity contribution >= 4 is 41.0 Å². The standard InChI is InChI=1S/C21H31ClN6OS/c1-29-18-9-8-15(14-17(18)22)24-20-25-19(23)26-21(27-10-12-30-13-11-27)28(20)16-6-4-2-3-5-7-16/h8-9,14,16,20,24H,2-7,10-13H2,1H3,(H2,23,25). The maximum atomic E-state index is 6.36. The van der Waals surface area contributed by atoms with Gasteiger partial charge in [0.1, 0.15) is 5.75 Å². The van der Waals surface area contributed by atoms with Gasteiger partial charge in [-0.3, -0.25) is 0 Å². The lowest BCUT2D eigenvalue weighted by atomic mass is 10.1. The van der Waals surface area contributed by atoms with Crippen LogP contribution in [0.5, 0.6) is 5.75 Å². The summed E-state index contributed by atoms with van der Waals surface area (Å²) in [5.74, 6) is 4.17. The highest BCUT2D eigenvalue weighted by atomic mass is 35.5. The van der Waals surface area contributed by atoms with Gasteiger partial charge in [0.2, 0.25) is 18.2 Å². The lowest BCUT2D eigenvalue weighted by Crippen LogP contribution is -2.59. The average Bonchev–Trinajstić information content (AvgIpc) is 3.03. The van der Waals surface area contributed by atoms with Crippen molar-refractivity contribution in [2.75, 3.05) is 37.0 Å². The Balaban J connectivity index is 1.63. The Morgan fingerprint density at radius 2 is 1.90 bits per heavy atom. The van der Waals surface area contributed by atoms with Crippen LogP contribution in [-0.2, 0) is 0 Å². The highest BCUT2D eigenvalue weighted by Crippen LogP contribution is 2.31. The molecule has 0 aromatic heterocycles. The molecule has 1 atom stereocenters. The Hall–Kier alpha value is -1.80. The van der Waals surface area contributed by atoms with Crippen LogP contribution in [0, 0.1) is 0 Å². The summed E-state index contributed by atoms with van der Waals surface area (Å²) in [5, 5.41) is 4.11. The number of hydrogen-bond acceptors (Lipinski definition) is 8. The van der Waals surface area contributed by atoms with Gasteiger partial charge in [0.25, 0.3) is 0 Å². The van der Waals surface area contributed by atoms with Gasteiger partial charge in [0.05, 0.1) is 12.1 Å². The number of guanidine groups is 2. The van der Waals surface area contributed by atoms with E-state index in [1.165, 1.54) is 25.7 Å². The summed E-state index contributed by atoms with van der Waals surface area (Å²) in [7, 11) is 1.62. The second kappa shape index (κ2) is 10.0. The molecule has 30 heavy (non-hydrogen) atoms. The Kier molecular flexibility index (Phi) is 7.15. The molecule has 1 aliphatic carbocycles. The van der Waals surface area contributed by atoms with Crippen LogP contribution in [0.25, 0.3) is 0 Å². The van der Waals surface area contributed by atoms with E-state index in [1.807, 2.05) is 30.0 Å². The van der Waals surface area contributed by atoms with Gasteiger partial charge in [-0.15, -0.1) is 0 Å². The third kappa shape index (κ3) is 4.91. The fraction of sp³-hybridized carbons (Fsp3) is 0.619. The van der Waals surface area contributed by atoms with Crippen LogP contribution in [0.4, 0.5) is 5.69 Å². The largest absolute Gasteiger partial charge is 0.495 e. The summed E-state index contributed by atoms with van der Waals surface area (Å²) in [6.07, 6.45) is 7.08. The van der Waals surface area contributed by atoms with Crippen LogP contribution in [0.15, 0.2) is 28.2 Å². The number of benzene rings is 1. The number of anilines is 1. The molecule has 7 nitrogen and oxygen atoms in total. The first-order valence-corrected chi connectivity index (χ1v) is 12.3. The van der Waals surface area contributed by atoms with E-state index in [-0.39, 0.29) is 6.29 Å². The fourth-order valence-electron chi connectivity index (χ4n) is 4.39. The van der Waals surface area contributed by atoms with Crippen molar-refractivity contribution in [1.82, 2.24) is 9.80 Å². The van der Waals surface area contributed by atoms with E-state index in [2.05, 4.69) is 15.1 Å². The molecule has 2 fully saturated rings. The van der Waals surface area contributed by atoms with E-state index in [0.717, 1.165) is 49.1 Å². The lowest BCUT2D eigenvalue weighted by Gasteiger charge is -2.44. The first-order valence-electron chi connectivity index (χ1n) is 10.8. The number of hydrogen-bond donors (Lipinski definition) is 2. The summed E-state index contributed by atoms with van der Waals surface area (Å²) >= 11 is 8.35. The molecule has 4 rings (SSSR count). The van der Waals surface area contributed by atoms with Crippen LogP contribution >= 0.6 is 23.4 Å². The maximum Gasteiger partial charge on any atom is 0.222 e. The number of aliphatic imine (C=N–C) groups is 2. The minimum absolute atomic E-state index is 0.306. The van der Waals surface area contributed by atoms with Gasteiger partial charge in [-0.2, -0.15) is 16.8 Å². The van der Waals surface area contributed by atoms with E-state index < -0.39 is 0 Å². The summed E-state index contributed by atoms with van der Waals surface area (Å²) < 4.78 is 5.29. The van der Waals surface area contributed by atoms with Gasteiger partial charge >= 0.3 is 0 Å². The molecule has 0 spiro atoms. The molecule has 164 valence electrons. The Morgan fingerprint density at radius 1 is 1.17 bits per heavy atom. The van der Waals surface area contributed by atoms with Gasteiger partial charge in [-0.25, -0.2) is 4.99 Å². The first kappa shape index (κ1) is 21.4. The quantitative estimate of drug-likeness (QED) is 0.679. The molecule has 3 aliphatic rings. The Morgan fingerprint density at radius 3 is 2.57 bits per heavy atom. The van der Waals surface area contributed by atoms with Crippen LogP contribution in [-0.4, -0.2) is 65.8 Å². The van der Waals surface area contributed by atoms with Crippen molar-refractivity contribution in [3.05, 3.63) is 23.2 Å². The van der Waals surface area contributed by atoms with E-state index in [4.69, 9.17) is 32.1 Å². The van der Waals surface area contributed by atoms with Crippen molar-refractivity contribution in [3.63, 3.8) is 0 Å². The maximum absolute atomic E-state index is 6.36. The van der Waals surface area contributed by atoms with Crippen molar-refractivity contribution in [2.45, 2.75) is 50.9 Å². The molecule has 1 saturated heterocycles.